The SMILES string of the molecule is CCN1CCC(Oc2cc(NS(=O)(=O)c3ccc(OC)c(OC)c3)ccc2Cl)C1. The van der Waals surface area contributed by atoms with E-state index in [1.54, 1.807) is 24.3 Å². The van der Waals surface area contributed by atoms with Gasteiger partial charge < -0.3 is 14.2 Å². The van der Waals surface area contributed by atoms with E-state index in [-0.39, 0.29) is 11.0 Å². The van der Waals surface area contributed by atoms with Crippen molar-refractivity contribution in [3.63, 3.8) is 0 Å². The first-order valence-electron chi connectivity index (χ1n) is 9.29. The van der Waals surface area contributed by atoms with E-state index in [0.29, 0.717) is 28.0 Å². The Morgan fingerprint density at radius 2 is 1.86 bits per heavy atom. The first kappa shape index (κ1) is 21.5. The Hall–Kier alpha value is -2.16. The van der Waals surface area contributed by atoms with E-state index < -0.39 is 10.0 Å². The number of hydrogen-bond acceptors (Lipinski definition) is 6. The normalized spacial score (nSPS) is 17.2. The van der Waals surface area contributed by atoms with Crippen LogP contribution in [-0.4, -0.2) is 53.3 Å². The van der Waals surface area contributed by atoms with Crippen molar-refractivity contribution in [2.24, 2.45) is 0 Å². The van der Waals surface area contributed by atoms with Crippen LogP contribution in [-0.2, 0) is 10.0 Å². The van der Waals surface area contributed by atoms with E-state index in [2.05, 4.69) is 16.5 Å². The summed E-state index contributed by atoms with van der Waals surface area (Å²) in [5, 5.41) is 0.439. The molecule has 1 aliphatic rings. The molecule has 1 atom stereocenters. The molecule has 0 aliphatic carbocycles. The Morgan fingerprint density at radius 3 is 2.52 bits per heavy atom. The van der Waals surface area contributed by atoms with Crippen molar-refractivity contribution < 1.29 is 22.6 Å². The van der Waals surface area contributed by atoms with Gasteiger partial charge in [0.05, 0.1) is 29.8 Å². The molecule has 7 nitrogen and oxygen atoms in total. The van der Waals surface area contributed by atoms with Crippen molar-refractivity contribution in [2.45, 2.75) is 24.3 Å². The molecule has 1 heterocycles. The highest BCUT2D eigenvalue weighted by atomic mass is 35.5. The minimum atomic E-state index is -3.83. The zero-order valence-corrected chi connectivity index (χ0v) is 18.2. The minimum absolute atomic E-state index is 0.0326. The average molecular weight is 441 g/mol. The third-order valence-electron chi connectivity index (χ3n) is 4.82. The van der Waals surface area contributed by atoms with E-state index in [1.165, 1.54) is 26.4 Å². The second kappa shape index (κ2) is 9.11. The minimum Gasteiger partial charge on any atom is -0.493 e. The van der Waals surface area contributed by atoms with Gasteiger partial charge in [-0.3, -0.25) is 9.62 Å². The Balaban J connectivity index is 1.79. The third-order valence-corrected chi connectivity index (χ3v) is 6.51. The predicted molar refractivity (Wildman–Crippen MR) is 113 cm³/mol. The molecule has 0 amide bonds. The van der Waals surface area contributed by atoms with E-state index >= 15 is 0 Å². The number of ether oxygens (including phenoxy) is 3. The number of methoxy groups -OCH3 is 2. The fourth-order valence-electron chi connectivity index (χ4n) is 3.22. The van der Waals surface area contributed by atoms with Crippen LogP contribution in [0.4, 0.5) is 5.69 Å². The van der Waals surface area contributed by atoms with Gasteiger partial charge in [0.15, 0.2) is 11.5 Å². The van der Waals surface area contributed by atoms with E-state index in [4.69, 9.17) is 25.8 Å². The molecule has 1 aliphatic heterocycles. The Bertz CT molecular complexity index is 967. The monoisotopic (exact) mass is 440 g/mol. The maximum absolute atomic E-state index is 12.8. The fraction of sp³-hybridized carbons (Fsp3) is 0.400. The molecule has 2 aromatic rings. The third kappa shape index (κ3) is 5.07. The molecule has 1 unspecified atom stereocenters. The highest BCUT2D eigenvalue weighted by molar-refractivity contribution is 7.92. The van der Waals surface area contributed by atoms with Gasteiger partial charge in [0.25, 0.3) is 10.0 Å². The van der Waals surface area contributed by atoms with Gasteiger partial charge in [0, 0.05) is 25.2 Å². The van der Waals surface area contributed by atoms with Crippen LogP contribution in [0.25, 0.3) is 0 Å². The zero-order chi connectivity index (χ0) is 21.0. The highest BCUT2D eigenvalue weighted by Crippen LogP contribution is 2.33. The molecule has 1 saturated heterocycles. The van der Waals surface area contributed by atoms with Crippen LogP contribution >= 0.6 is 11.6 Å². The summed E-state index contributed by atoms with van der Waals surface area (Å²) in [7, 11) is -0.892. The molecular weight excluding hydrogens is 416 g/mol. The second-order valence-electron chi connectivity index (χ2n) is 6.69. The van der Waals surface area contributed by atoms with Crippen molar-refractivity contribution >= 4 is 27.3 Å². The molecular formula is C20H25ClN2O5S. The largest absolute Gasteiger partial charge is 0.493 e. The van der Waals surface area contributed by atoms with Gasteiger partial charge in [-0.1, -0.05) is 18.5 Å². The summed E-state index contributed by atoms with van der Waals surface area (Å²) >= 11 is 6.26. The Kier molecular flexibility index (Phi) is 6.77. The summed E-state index contributed by atoms with van der Waals surface area (Å²) in [6.07, 6.45) is 0.941. The van der Waals surface area contributed by atoms with Crippen LogP contribution in [0.1, 0.15) is 13.3 Å². The summed E-state index contributed by atoms with van der Waals surface area (Å²) in [5.74, 6) is 1.24. The molecule has 0 aromatic heterocycles. The lowest BCUT2D eigenvalue weighted by molar-refractivity contribution is 0.203. The Morgan fingerprint density at radius 1 is 1.10 bits per heavy atom. The lowest BCUT2D eigenvalue weighted by atomic mass is 10.3. The number of likely N-dealkylation sites (tertiary alicyclic amines) is 1. The number of nitrogens with one attached hydrogen (secondary N) is 1. The Labute approximate surface area is 176 Å². The molecule has 0 radical (unpaired) electrons. The summed E-state index contributed by atoms with van der Waals surface area (Å²) in [6.45, 7) is 4.89. The van der Waals surface area contributed by atoms with Gasteiger partial charge in [0.1, 0.15) is 11.9 Å². The fourth-order valence-corrected chi connectivity index (χ4v) is 4.44. The van der Waals surface area contributed by atoms with E-state index in [1.807, 2.05) is 0 Å². The lowest BCUT2D eigenvalue weighted by Crippen LogP contribution is -2.24. The quantitative estimate of drug-likeness (QED) is 0.675. The highest BCUT2D eigenvalue weighted by Gasteiger charge is 2.24. The molecule has 2 aromatic carbocycles. The van der Waals surface area contributed by atoms with Gasteiger partial charge in [0.2, 0.25) is 0 Å². The number of benzene rings is 2. The number of anilines is 1. The smallest absolute Gasteiger partial charge is 0.262 e. The summed E-state index contributed by atoms with van der Waals surface area (Å²) in [6, 6.07) is 9.23. The second-order valence-corrected chi connectivity index (χ2v) is 8.78. The van der Waals surface area contributed by atoms with Crippen LogP contribution < -0.4 is 18.9 Å². The standard InChI is InChI=1S/C20H25ClN2O5S/c1-4-23-10-9-15(13-23)28-19-11-14(5-7-17(19)21)22-29(24,25)16-6-8-18(26-2)20(12-16)27-3/h5-8,11-12,15,22H,4,9-10,13H2,1-3H3. The van der Waals surface area contributed by atoms with Crippen molar-refractivity contribution in [3.05, 3.63) is 41.4 Å². The topological polar surface area (TPSA) is 77.1 Å². The van der Waals surface area contributed by atoms with Crippen LogP contribution in [0.3, 0.4) is 0 Å². The van der Waals surface area contributed by atoms with Gasteiger partial charge >= 0.3 is 0 Å². The zero-order valence-electron chi connectivity index (χ0n) is 16.6. The molecule has 1 N–H and O–H groups in total. The lowest BCUT2D eigenvalue weighted by Gasteiger charge is -2.17. The van der Waals surface area contributed by atoms with Crippen LogP contribution in [0.5, 0.6) is 17.2 Å². The van der Waals surface area contributed by atoms with Crippen molar-refractivity contribution in [2.75, 3.05) is 38.6 Å². The van der Waals surface area contributed by atoms with Gasteiger partial charge in [-0.15, -0.1) is 0 Å². The molecule has 29 heavy (non-hydrogen) atoms. The number of halogens is 1. The first-order chi connectivity index (χ1) is 13.9. The van der Waals surface area contributed by atoms with Gasteiger partial charge in [-0.2, -0.15) is 0 Å². The van der Waals surface area contributed by atoms with Crippen molar-refractivity contribution in [1.82, 2.24) is 4.90 Å². The number of hydrogen-bond donors (Lipinski definition) is 1. The summed E-state index contributed by atoms with van der Waals surface area (Å²) < 4.78 is 44.5. The number of rotatable bonds is 8. The molecule has 0 saturated carbocycles. The number of nitrogens with zero attached hydrogens (tertiary/aromatic N) is 1. The molecule has 3 rings (SSSR count). The summed E-state index contributed by atoms with van der Waals surface area (Å²) in [5.41, 5.74) is 0.365. The van der Waals surface area contributed by atoms with Crippen LogP contribution in [0.2, 0.25) is 5.02 Å². The molecule has 0 spiro atoms. The van der Waals surface area contributed by atoms with Gasteiger partial charge in [-0.05, 0) is 37.2 Å². The number of sulfonamides is 1. The molecule has 158 valence electrons. The van der Waals surface area contributed by atoms with Crippen molar-refractivity contribution in [1.29, 1.82) is 0 Å². The summed E-state index contributed by atoms with van der Waals surface area (Å²) in [4.78, 5) is 2.35. The van der Waals surface area contributed by atoms with Crippen LogP contribution in [0, 0.1) is 0 Å². The van der Waals surface area contributed by atoms with E-state index in [0.717, 1.165) is 26.1 Å². The molecule has 9 heteroatoms. The van der Waals surface area contributed by atoms with Crippen molar-refractivity contribution in [3.8, 4) is 17.2 Å². The van der Waals surface area contributed by atoms with Crippen LogP contribution in [0.15, 0.2) is 41.3 Å². The van der Waals surface area contributed by atoms with E-state index in [9.17, 15) is 8.42 Å². The van der Waals surface area contributed by atoms with Gasteiger partial charge in [-0.25, -0.2) is 8.42 Å². The predicted octanol–water partition coefficient (Wildman–Crippen LogP) is 3.63. The number of likely N-dealkylation sites (N-methyl/N-ethyl adjacent to an activating group) is 1. The molecule has 1 fully saturated rings. The maximum Gasteiger partial charge on any atom is 0.262 e. The maximum atomic E-state index is 12.8. The first-order valence-corrected chi connectivity index (χ1v) is 11.2. The average Bonchev–Trinajstić information content (AvgIpc) is 3.17. The molecule has 0 bridgehead atoms.